The van der Waals surface area contributed by atoms with Crippen LogP contribution in [-0.4, -0.2) is 16.6 Å². The highest BCUT2D eigenvalue weighted by Crippen LogP contribution is 2.14. The van der Waals surface area contributed by atoms with Crippen LogP contribution in [0.1, 0.15) is 25.0 Å². The van der Waals surface area contributed by atoms with Crippen LogP contribution >= 0.6 is 0 Å². The predicted octanol–water partition coefficient (Wildman–Crippen LogP) is 4.72. The molecule has 3 rings (SSSR count). The van der Waals surface area contributed by atoms with Crippen molar-refractivity contribution >= 4 is 11.7 Å². The Morgan fingerprint density at radius 1 is 0.963 bits per heavy atom. The Kier molecular flexibility index (Phi) is 6.31. The van der Waals surface area contributed by atoms with Crippen LogP contribution in [0.2, 0.25) is 0 Å². The van der Waals surface area contributed by atoms with Crippen molar-refractivity contribution in [2.45, 2.75) is 33.0 Å². The Bertz CT molecular complexity index is 841. The molecule has 0 amide bonds. The first-order valence-corrected chi connectivity index (χ1v) is 9.28. The minimum Gasteiger partial charge on any atom is -0.442 e. The fourth-order valence-electron chi connectivity index (χ4n) is 2.95. The summed E-state index contributed by atoms with van der Waals surface area (Å²) in [4.78, 5) is 12.6. The monoisotopic (exact) mass is 362 g/mol. The van der Waals surface area contributed by atoms with Gasteiger partial charge in [0.15, 0.2) is 6.73 Å². The average Bonchev–Trinajstić information content (AvgIpc) is 3.13. The molecule has 1 atom stereocenters. The minimum absolute atomic E-state index is 0.121. The number of carbonyl (C=O) groups excluding carboxylic acids is 1. The summed E-state index contributed by atoms with van der Waals surface area (Å²) in [5.74, 6) is -0.122. The van der Waals surface area contributed by atoms with Crippen molar-refractivity contribution in [1.29, 1.82) is 0 Å². The van der Waals surface area contributed by atoms with E-state index in [1.807, 2.05) is 79.3 Å². The maximum Gasteiger partial charge on any atom is 0.330 e. The number of nitrogens with zero attached hydrogens (tertiary/aromatic N) is 1. The van der Waals surface area contributed by atoms with E-state index in [1.54, 1.807) is 0 Å². The van der Waals surface area contributed by atoms with Crippen LogP contribution in [0.15, 0.2) is 79.1 Å². The molecule has 0 bridgehead atoms. The van der Waals surface area contributed by atoms with Gasteiger partial charge >= 0.3 is 5.97 Å². The zero-order valence-corrected chi connectivity index (χ0v) is 15.8. The van der Waals surface area contributed by atoms with E-state index in [9.17, 15) is 4.79 Å². The molecule has 140 valence electrons. The van der Waals surface area contributed by atoms with Gasteiger partial charge in [0.05, 0.1) is 0 Å². The summed E-state index contributed by atoms with van der Waals surface area (Å²) in [7, 11) is 0. The number of ether oxygens (including phenoxy) is 1. The van der Waals surface area contributed by atoms with Crippen molar-refractivity contribution in [2.24, 2.45) is 5.92 Å². The van der Waals surface area contributed by atoms with Crippen molar-refractivity contribution in [3.8, 4) is 0 Å². The van der Waals surface area contributed by atoms with Gasteiger partial charge in [-0.1, -0.05) is 62.4 Å². The van der Waals surface area contributed by atoms with E-state index in [0.717, 1.165) is 12.1 Å². The lowest BCUT2D eigenvalue weighted by Gasteiger charge is -2.22. The lowest BCUT2D eigenvalue weighted by atomic mass is 10.0. The second-order valence-electron chi connectivity index (χ2n) is 7.02. The molecule has 0 saturated heterocycles. The Labute approximate surface area is 160 Å². The van der Waals surface area contributed by atoms with Crippen LogP contribution in [0.3, 0.4) is 0 Å². The van der Waals surface area contributed by atoms with Gasteiger partial charge in [-0.3, -0.25) is 0 Å². The van der Waals surface area contributed by atoms with Gasteiger partial charge in [-0.25, -0.2) is 4.79 Å². The van der Waals surface area contributed by atoms with Gasteiger partial charge in [0.1, 0.15) is 6.04 Å². The molecule has 3 aromatic rings. The molecule has 1 heterocycles. The fraction of sp³-hybridized carbons (Fsp3) is 0.261. The highest BCUT2D eigenvalue weighted by atomic mass is 16.5. The second-order valence-corrected chi connectivity index (χ2v) is 7.02. The number of rotatable bonds is 8. The molecule has 2 aromatic carbocycles. The summed E-state index contributed by atoms with van der Waals surface area (Å²) in [5, 5.41) is 3.27. The first-order valence-electron chi connectivity index (χ1n) is 9.28. The number of hydrogen-bond acceptors (Lipinski definition) is 3. The van der Waals surface area contributed by atoms with Crippen LogP contribution in [0.25, 0.3) is 0 Å². The van der Waals surface area contributed by atoms with Gasteiger partial charge in [-0.15, -0.1) is 0 Å². The highest BCUT2D eigenvalue weighted by molar-refractivity contribution is 5.79. The van der Waals surface area contributed by atoms with Gasteiger partial charge in [0.25, 0.3) is 0 Å². The third kappa shape index (κ3) is 5.48. The number of carbonyl (C=O) groups is 1. The number of para-hydroxylation sites is 1. The lowest BCUT2D eigenvalue weighted by Crippen LogP contribution is -2.36. The van der Waals surface area contributed by atoms with Gasteiger partial charge in [0.2, 0.25) is 0 Å². The van der Waals surface area contributed by atoms with E-state index in [4.69, 9.17) is 4.74 Å². The van der Waals surface area contributed by atoms with E-state index in [1.165, 1.54) is 11.1 Å². The summed E-state index contributed by atoms with van der Waals surface area (Å²) in [6.07, 6.45) is 4.84. The normalized spacial score (nSPS) is 12.0. The molecule has 1 aromatic heterocycles. The van der Waals surface area contributed by atoms with E-state index in [-0.39, 0.29) is 24.7 Å². The second kappa shape index (κ2) is 9.08. The standard InChI is InChI=1S/C23H26N2O2/c1-18(2)22(24-21-11-7-4-8-12-21)23(26)27-17-25-14-13-20(16-25)15-19-9-5-3-6-10-19/h3-14,16,18,22,24H,15,17H2,1-2H3. The third-order valence-electron chi connectivity index (χ3n) is 4.44. The zero-order valence-electron chi connectivity index (χ0n) is 15.8. The molecule has 0 aliphatic carbocycles. The van der Waals surface area contributed by atoms with Gasteiger partial charge in [-0.2, -0.15) is 0 Å². The number of benzene rings is 2. The quantitative estimate of drug-likeness (QED) is 0.590. The first-order chi connectivity index (χ1) is 13.1. The summed E-state index contributed by atoms with van der Waals surface area (Å²) < 4.78 is 7.45. The van der Waals surface area contributed by atoms with Crippen LogP contribution in [0.5, 0.6) is 0 Å². The first kappa shape index (κ1) is 18.8. The molecule has 4 nitrogen and oxygen atoms in total. The van der Waals surface area contributed by atoms with Gasteiger partial charge in [0, 0.05) is 18.1 Å². The Hall–Kier alpha value is -3.01. The van der Waals surface area contributed by atoms with Crippen LogP contribution in [-0.2, 0) is 22.7 Å². The number of esters is 1. The highest BCUT2D eigenvalue weighted by Gasteiger charge is 2.23. The number of aromatic nitrogens is 1. The smallest absolute Gasteiger partial charge is 0.330 e. The summed E-state index contributed by atoms with van der Waals surface area (Å²) in [5.41, 5.74) is 3.37. The van der Waals surface area contributed by atoms with E-state index in [0.29, 0.717) is 0 Å². The third-order valence-corrected chi connectivity index (χ3v) is 4.44. The van der Waals surface area contributed by atoms with Crippen molar-refractivity contribution in [3.05, 3.63) is 90.3 Å². The Morgan fingerprint density at radius 3 is 2.30 bits per heavy atom. The molecule has 0 spiro atoms. The van der Waals surface area contributed by atoms with Crippen molar-refractivity contribution in [2.75, 3.05) is 5.32 Å². The molecule has 0 aliphatic heterocycles. The minimum atomic E-state index is -0.383. The van der Waals surface area contributed by atoms with Gasteiger partial charge in [-0.05, 0) is 41.7 Å². The Balaban J connectivity index is 1.56. The van der Waals surface area contributed by atoms with Crippen molar-refractivity contribution in [3.63, 3.8) is 0 Å². The molecule has 0 radical (unpaired) electrons. The Morgan fingerprint density at radius 2 is 1.63 bits per heavy atom. The van der Waals surface area contributed by atoms with E-state index in [2.05, 4.69) is 23.5 Å². The molecule has 0 saturated carbocycles. The molecule has 1 N–H and O–H groups in total. The zero-order chi connectivity index (χ0) is 19.1. The SMILES string of the molecule is CC(C)C(Nc1ccccc1)C(=O)OCn1ccc(Cc2ccccc2)c1. The maximum atomic E-state index is 12.6. The largest absolute Gasteiger partial charge is 0.442 e. The average molecular weight is 362 g/mol. The molecule has 1 unspecified atom stereocenters. The van der Waals surface area contributed by atoms with Crippen LogP contribution < -0.4 is 5.32 Å². The molecular weight excluding hydrogens is 336 g/mol. The lowest BCUT2D eigenvalue weighted by molar-refractivity contribution is -0.149. The predicted molar refractivity (Wildman–Crippen MR) is 108 cm³/mol. The summed E-state index contributed by atoms with van der Waals surface area (Å²) in [6.45, 7) is 4.23. The number of nitrogens with one attached hydrogen (secondary N) is 1. The molecule has 27 heavy (non-hydrogen) atoms. The molecule has 0 fully saturated rings. The van der Waals surface area contributed by atoms with E-state index < -0.39 is 0 Å². The number of hydrogen-bond donors (Lipinski definition) is 1. The van der Waals surface area contributed by atoms with Gasteiger partial charge < -0.3 is 14.6 Å². The summed E-state index contributed by atoms with van der Waals surface area (Å²) in [6, 6.07) is 21.7. The van der Waals surface area contributed by atoms with E-state index >= 15 is 0 Å². The maximum absolute atomic E-state index is 12.6. The fourth-order valence-corrected chi connectivity index (χ4v) is 2.95. The molecule has 0 aliphatic rings. The topological polar surface area (TPSA) is 43.3 Å². The number of anilines is 1. The van der Waals surface area contributed by atoms with Crippen LogP contribution in [0, 0.1) is 5.92 Å². The van der Waals surface area contributed by atoms with Crippen LogP contribution in [0.4, 0.5) is 5.69 Å². The van der Waals surface area contributed by atoms with Crippen molar-refractivity contribution in [1.82, 2.24) is 4.57 Å². The van der Waals surface area contributed by atoms with Crippen molar-refractivity contribution < 1.29 is 9.53 Å². The summed E-state index contributed by atoms with van der Waals surface area (Å²) >= 11 is 0. The molecular formula is C23H26N2O2. The molecule has 4 heteroatoms.